The lowest BCUT2D eigenvalue weighted by Crippen LogP contribution is -2.33. The fourth-order valence-electron chi connectivity index (χ4n) is 4.45. The Morgan fingerprint density at radius 2 is 1.57 bits per heavy atom. The summed E-state index contributed by atoms with van der Waals surface area (Å²) in [5.74, 6) is 1.00. The maximum Gasteiger partial charge on any atom is 0.394 e. The molecule has 8 nitrogen and oxygen atoms in total. The Hall–Kier alpha value is -3.18. The zero-order valence-electron chi connectivity index (χ0n) is 19.2. The van der Waals surface area contributed by atoms with Crippen LogP contribution in [0.5, 0.6) is 5.75 Å². The Labute approximate surface area is 203 Å². The molecule has 4 rings (SSSR count). The number of primary sulfonamides is 1. The second-order valence-corrected chi connectivity index (χ2v) is 10.5. The summed E-state index contributed by atoms with van der Waals surface area (Å²) in [4.78, 5) is 16.7. The molecule has 2 heterocycles. The van der Waals surface area contributed by atoms with Crippen LogP contribution in [0.1, 0.15) is 22.8 Å². The number of nitrogens with zero attached hydrogens (tertiary/aromatic N) is 2. The van der Waals surface area contributed by atoms with Crippen molar-refractivity contribution in [3.8, 4) is 5.75 Å². The number of sulfonamides is 1. The summed E-state index contributed by atoms with van der Waals surface area (Å²) >= 11 is 0. The second-order valence-electron chi connectivity index (χ2n) is 8.94. The highest BCUT2D eigenvalue weighted by atomic mass is 32.2. The zero-order chi connectivity index (χ0) is 25.4. The number of carbonyl (C=O) groups excluding carboxylic acids is 1. The van der Waals surface area contributed by atoms with E-state index in [0.29, 0.717) is 44.5 Å². The molecule has 35 heavy (non-hydrogen) atoms. The van der Waals surface area contributed by atoms with Gasteiger partial charge < -0.3 is 19.3 Å². The van der Waals surface area contributed by atoms with Gasteiger partial charge in [-0.05, 0) is 48.5 Å². The minimum absolute atomic E-state index is 0.0340. The molecule has 2 aromatic carbocycles. The number of carbonyl (C=O) groups is 1. The molecule has 1 amide bonds. The predicted molar refractivity (Wildman–Crippen MR) is 124 cm³/mol. The third-order valence-corrected chi connectivity index (χ3v) is 7.11. The molecule has 0 radical (unpaired) electrons. The van der Waals surface area contributed by atoms with E-state index in [4.69, 9.17) is 9.88 Å². The minimum atomic E-state index is -3.81. The molecule has 0 spiro atoms. The second kappa shape index (κ2) is 9.46. The summed E-state index contributed by atoms with van der Waals surface area (Å²) in [5, 5.41) is 5.11. The van der Waals surface area contributed by atoms with Crippen LogP contribution in [-0.4, -0.2) is 56.4 Å². The number of amides is 1. The number of benzene rings is 2. The molecule has 2 atom stereocenters. The molecule has 2 aliphatic heterocycles. The molecule has 2 aromatic rings. The Balaban J connectivity index is 1.26. The first-order valence-electron chi connectivity index (χ1n) is 11.0. The fourth-order valence-corrected chi connectivity index (χ4v) is 4.97. The van der Waals surface area contributed by atoms with E-state index in [9.17, 15) is 22.0 Å². The maximum atomic E-state index is 12.9. The molecule has 0 saturated carbocycles. The van der Waals surface area contributed by atoms with Crippen LogP contribution in [-0.2, 0) is 21.4 Å². The highest BCUT2D eigenvalue weighted by Gasteiger charge is 2.42. The van der Waals surface area contributed by atoms with Crippen molar-refractivity contribution < 1.29 is 31.5 Å². The number of ether oxygens (including phenoxy) is 2. The van der Waals surface area contributed by atoms with Gasteiger partial charge in [0.1, 0.15) is 12.4 Å². The van der Waals surface area contributed by atoms with Crippen LogP contribution in [0.25, 0.3) is 0 Å². The molecule has 11 heteroatoms. The number of fused-ring (bicyclic) bond motifs is 1. The summed E-state index contributed by atoms with van der Waals surface area (Å²) in [7, 11) is -3.81. The molecule has 2 aliphatic rings. The van der Waals surface area contributed by atoms with Crippen molar-refractivity contribution in [1.82, 2.24) is 9.80 Å². The highest BCUT2D eigenvalue weighted by Crippen LogP contribution is 2.34. The van der Waals surface area contributed by atoms with E-state index in [-0.39, 0.29) is 35.0 Å². The lowest BCUT2D eigenvalue weighted by atomic mass is 10.0. The van der Waals surface area contributed by atoms with Gasteiger partial charge in [0.25, 0.3) is 5.91 Å². The van der Waals surface area contributed by atoms with Crippen molar-refractivity contribution in [3.63, 3.8) is 0 Å². The number of nitrogens with two attached hydrogens (primary N) is 1. The number of alkyl halides is 2. The lowest BCUT2D eigenvalue weighted by Gasteiger charge is -2.24. The summed E-state index contributed by atoms with van der Waals surface area (Å²) in [6.07, 6.45) is -3.24. The van der Waals surface area contributed by atoms with E-state index in [1.54, 1.807) is 17.0 Å². The van der Waals surface area contributed by atoms with Gasteiger partial charge in [-0.25, -0.2) is 13.6 Å². The topological polar surface area (TPSA) is 102 Å². The van der Waals surface area contributed by atoms with Gasteiger partial charge in [-0.1, -0.05) is 12.1 Å². The predicted octanol–water partition coefficient (Wildman–Crippen LogP) is 3.02. The first-order valence-corrected chi connectivity index (χ1v) is 12.6. The quantitative estimate of drug-likeness (QED) is 0.551. The molecule has 188 valence electrons. The van der Waals surface area contributed by atoms with Gasteiger partial charge in [0, 0.05) is 50.5 Å². The molecular formula is C24H27F2N3O5S. The smallest absolute Gasteiger partial charge is 0.394 e. The third-order valence-electron chi connectivity index (χ3n) is 6.18. The highest BCUT2D eigenvalue weighted by molar-refractivity contribution is 7.89. The third kappa shape index (κ3) is 6.09. The van der Waals surface area contributed by atoms with Crippen LogP contribution in [0.15, 0.2) is 65.9 Å². The lowest BCUT2D eigenvalue weighted by molar-refractivity contribution is -0.158. The van der Waals surface area contributed by atoms with Crippen LogP contribution >= 0.6 is 0 Å². The van der Waals surface area contributed by atoms with E-state index >= 15 is 0 Å². The van der Waals surface area contributed by atoms with Crippen molar-refractivity contribution in [1.29, 1.82) is 0 Å². The van der Waals surface area contributed by atoms with Gasteiger partial charge in [-0.15, -0.1) is 0 Å². The maximum absolute atomic E-state index is 12.9. The Kier molecular flexibility index (Phi) is 6.74. The first-order chi connectivity index (χ1) is 16.4. The normalized spacial score (nSPS) is 20.0. The van der Waals surface area contributed by atoms with E-state index < -0.39 is 16.1 Å². The average molecular weight is 508 g/mol. The van der Waals surface area contributed by atoms with Crippen LogP contribution in [0.4, 0.5) is 8.78 Å². The molecule has 2 saturated heterocycles. The van der Waals surface area contributed by atoms with Gasteiger partial charge in [-0.3, -0.25) is 4.79 Å². The van der Waals surface area contributed by atoms with E-state index in [2.05, 4.69) is 11.3 Å². The molecule has 1 unspecified atom stereocenters. The van der Waals surface area contributed by atoms with Gasteiger partial charge in [0.15, 0.2) is 5.88 Å². The Morgan fingerprint density at radius 3 is 2.09 bits per heavy atom. The monoisotopic (exact) mass is 507 g/mol. The average Bonchev–Trinajstić information content (AvgIpc) is 3.36. The van der Waals surface area contributed by atoms with Crippen molar-refractivity contribution in [2.75, 3.05) is 26.2 Å². The molecular weight excluding hydrogens is 480 g/mol. The van der Waals surface area contributed by atoms with Crippen LogP contribution < -0.4 is 9.88 Å². The zero-order valence-corrected chi connectivity index (χ0v) is 20.0. The Bertz CT molecular complexity index is 1180. The van der Waals surface area contributed by atoms with Crippen molar-refractivity contribution in [2.24, 2.45) is 17.0 Å². The van der Waals surface area contributed by atoms with E-state index in [0.717, 1.165) is 5.56 Å². The van der Waals surface area contributed by atoms with Crippen molar-refractivity contribution in [2.45, 2.75) is 24.5 Å². The van der Waals surface area contributed by atoms with Crippen molar-refractivity contribution >= 4 is 15.9 Å². The van der Waals surface area contributed by atoms with Gasteiger partial charge in [0.2, 0.25) is 10.0 Å². The number of rotatable bonds is 8. The fraction of sp³-hybridized carbons (Fsp3) is 0.375. The molecule has 0 aromatic heterocycles. The van der Waals surface area contributed by atoms with Gasteiger partial charge >= 0.3 is 6.11 Å². The van der Waals surface area contributed by atoms with Crippen molar-refractivity contribution in [3.05, 3.63) is 72.1 Å². The van der Waals surface area contributed by atoms with Crippen LogP contribution in [0.3, 0.4) is 0 Å². The number of likely N-dealkylation sites (tertiary alicyclic amines) is 2. The summed E-state index contributed by atoms with van der Waals surface area (Å²) in [6, 6.07) is 11.9. The molecule has 2 fully saturated rings. The molecule has 2 N–H and O–H groups in total. The van der Waals surface area contributed by atoms with E-state index in [1.807, 2.05) is 4.90 Å². The first kappa shape index (κ1) is 24.9. The van der Waals surface area contributed by atoms with Gasteiger partial charge in [0.05, 0.1) is 4.90 Å². The standard InChI is InChI=1S/C24H27F2N3O5S/c1-16(33-15-17-3-7-21(8-4-17)34-24(2,25)26)28-11-19-13-29(14-20(19)12-28)23(30)18-5-9-22(10-6-18)35(27,31)32/h3-10,19-20H,1,11-15H2,2H3,(H2,27,31,32)/t19-,20?/m1/s1. The number of halogens is 2. The summed E-state index contributed by atoms with van der Waals surface area (Å²) in [6.45, 7) is 7.53. The SMILES string of the molecule is C=C(OCc1ccc(OC(C)(F)F)cc1)N1CC2CN(C(=O)c3ccc(S(N)(=O)=O)cc3)C[C@H]2C1. The minimum Gasteiger partial charge on any atom is -0.475 e. The summed E-state index contributed by atoms with van der Waals surface area (Å²) < 4.78 is 59.0. The Morgan fingerprint density at radius 1 is 1.03 bits per heavy atom. The van der Waals surface area contributed by atoms with Crippen LogP contribution in [0.2, 0.25) is 0 Å². The van der Waals surface area contributed by atoms with Crippen LogP contribution in [0, 0.1) is 11.8 Å². The van der Waals surface area contributed by atoms with Gasteiger partial charge in [-0.2, -0.15) is 8.78 Å². The number of hydrogen-bond donors (Lipinski definition) is 1. The van der Waals surface area contributed by atoms with E-state index in [1.165, 1.54) is 36.4 Å². The molecule has 0 bridgehead atoms. The molecule has 0 aliphatic carbocycles. The number of hydrogen-bond acceptors (Lipinski definition) is 6. The summed E-state index contributed by atoms with van der Waals surface area (Å²) in [5.41, 5.74) is 1.21. The largest absolute Gasteiger partial charge is 0.475 e.